The van der Waals surface area contributed by atoms with Crippen molar-refractivity contribution in [3.05, 3.63) is 23.8 Å². The van der Waals surface area contributed by atoms with E-state index in [1.165, 1.54) is 18.2 Å². The fourth-order valence-corrected chi connectivity index (χ4v) is 3.27. The highest BCUT2D eigenvalue weighted by Crippen LogP contribution is 2.34. The number of anilines is 2. The van der Waals surface area contributed by atoms with Gasteiger partial charge in [0, 0.05) is 31.5 Å². The number of amides is 1. The van der Waals surface area contributed by atoms with Gasteiger partial charge in [-0.15, -0.1) is 0 Å². The number of rotatable bonds is 7. The van der Waals surface area contributed by atoms with Gasteiger partial charge in [0.05, 0.1) is 17.8 Å². The molecule has 0 radical (unpaired) electrons. The summed E-state index contributed by atoms with van der Waals surface area (Å²) in [7, 11) is 1.72. The molecular weight excluding hydrogens is 391 g/mol. The molecule has 29 heavy (non-hydrogen) atoms. The average Bonchev–Trinajstić information content (AvgIpc) is 2.69. The molecule has 0 atom stereocenters. The first-order valence-corrected chi connectivity index (χ1v) is 9.30. The molecule has 1 saturated heterocycles. The van der Waals surface area contributed by atoms with Crippen LogP contribution in [0.2, 0.25) is 0 Å². The van der Waals surface area contributed by atoms with Crippen LogP contribution in [0.15, 0.2) is 18.2 Å². The SMILES string of the molecule is CCN(CC=[NH+]C)c1ccc(C(=O)O)c(N(C(=O)C(F)(F)F)C2CCOCC2)c1. The summed E-state index contributed by atoms with van der Waals surface area (Å²) in [6.07, 6.45) is -2.99. The lowest BCUT2D eigenvalue weighted by atomic mass is 10.0. The largest absolute Gasteiger partial charge is 0.478 e. The summed E-state index contributed by atoms with van der Waals surface area (Å²) in [6.45, 7) is 3.25. The van der Waals surface area contributed by atoms with E-state index >= 15 is 0 Å². The molecule has 1 heterocycles. The van der Waals surface area contributed by atoms with Crippen molar-refractivity contribution in [2.24, 2.45) is 0 Å². The Kier molecular flexibility index (Phi) is 7.60. The third kappa shape index (κ3) is 5.47. The number of carboxylic acids is 1. The number of carbonyl (C=O) groups excluding carboxylic acids is 1. The van der Waals surface area contributed by atoms with E-state index in [-0.39, 0.29) is 37.3 Å². The number of alkyl halides is 3. The maximum Gasteiger partial charge on any atom is 0.471 e. The van der Waals surface area contributed by atoms with Gasteiger partial charge in [-0.3, -0.25) is 9.79 Å². The fraction of sp³-hybridized carbons (Fsp3) is 0.526. The second kappa shape index (κ2) is 9.73. The molecule has 0 spiro atoms. The number of ether oxygens (including phenoxy) is 1. The summed E-state index contributed by atoms with van der Waals surface area (Å²) < 4.78 is 45.3. The lowest BCUT2D eigenvalue weighted by Gasteiger charge is -2.36. The van der Waals surface area contributed by atoms with Gasteiger partial charge < -0.3 is 19.6 Å². The number of halogens is 3. The van der Waals surface area contributed by atoms with Crippen LogP contribution in [0.3, 0.4) is 0 Å². The van der Waals surface area contributed by atoms with E-state index in [0.717, 1.165) is 0 Å². The number of aromatic carboxylic acids is 1. The van der Waals surface area contributed by atoms with Gasteiger partial charge >= 0.3 is 18.1 Å². The van der Waals surface area contributed by atoms with E-state index in [2.05, 4.69) is 4.99 Å². The van der Waals surface area contributed by atoms with Crippen LogP contribution in [0.4, 0.5) is 24.5 Å². The van der Waals surface area contributed by atoms with E-state index in [9.17, 15) is 27.9 Å². The van der Waals surface area contributed by atoms with Crippen LogP contribution in [0, 0.1) is 0 Å². The number of carbonyl (C=O) groups is 2. The van der Waals surface area contributed by atoms with Gasteiger partial charge in [0.25, 0.3) is 0 Å². The van der Waals surface area contributed by atoms with Crippen LogP contribution in [0.1, 0.15) is 30.1 Å². The first-order chi connectivity index (χ1) is 13.7. The Morgan fingerprint density at radius 1 is 1.31 bits per heavy atom. The van der Waals surface area contributed by atoms with Crippen molar-refractivity contribution >= 4 is 29.5 Å². The van der Waals surface area contributed by atoms with Crippen molar-refractivity contribution in [3.63, 3.8) is 0 Å². The summed E-state index contributed by atoms with van der Waals surface area (Å²) in [4.78, 5) is 29.3. The Hall–Kier alpha value is -2.62. The molecule has 1 aromatic carbocycles. The van der Waals surface area contributed by atoms with Crippen LogP contribution in [0.5, 0.6) is 0 Å². The van der Waals surface area contributed by atoms with Gasteiger partial charge in [-0.05, 0) is 38.0 Å². The van der Waals surface area contributed by atoms with Crippen molar-refractivity contribution in [3.8, 4) is 0 Å². The zero-order chi connectivity index (χ0) is 21.6. The zero-order valence-electron chi connectivity index (χ0n) is 16.3. The van der Waals surface area contributed by atoms with Crippen molar-refractivity contribution in [1.82, 2.24) is 0 Å². The van der Waals surface area contributed by atoms with Gasteiger partial charge in [-0.2, -0.15) is 13.2 Å². The summed E-state index contributed by atoms with van der Waals surface area (Å²) in [5.41, 5.74) is -0.0929. The van der Waals surface area contributed by atoms with Crippen molar-refractivity contribution < 1.29 is 37.6 Å². The van der Waals surface area contributed by atoms with Crippen molar-refractivity contribution in [1.29, 1.82) is 0 Å². The lowest BCUT2D eigenvalue weighted by Crippen LogP contribution is -2.64. The molecule has 1 fully saturated rings. The second-order valence-corrected chi connectivity index (χ2v) is 6.55. The van der Waals surface area contributed by atoms with E-state index in [1.807, 2.05) is 11.8 Å². The summed E-state index contributed by atoms with van der Waals surface area (Å²) in [6, 6.07) is 3.31. The minimum absolute atomic E-state index is 0.191. The molecule has 0 unspecified atom stereocenters. The minimum atomic E-state index is -5.13. The van der Waals surface area contributed by atoms with Crippen LogP contribution in [-0.4, -0.2) is 68.8 Å². The topological polar surface area (TPSA) is 84.1 Å². The van der Waals surface area contributed by atoms with Crippen molar-refractivity contribution in [2.75, 3.05) is 43.2 Å². The highest BCUT2D eigenvalue weighted by atomic mass is 19.4. The van der Waals surface area contributed by atoms with Crippen LogP contribution in [-0.2, 0) is 9.53 Å². The Balaban J connectivity index is 2.60. The molecule has 2 rings (SSSR count). The maximum atomic E-state index is 13.4. The number of hydrogen-bond donors (Lipinski definition) is 2. The molecule has 10 heteroatoms. The molecule has 160 valence electrons. The smallest absolute Gasteiger partial charge is 0.471 e. The zero-order valence-corrected chi connectivity index (χ0v) is 16.3. The van der Waals surface area contributed by atoms with Crippen LogP contribution in [0.25, 0.3) is 0 Å². The van der Waals surface area contributed by atoms with Crippen LogP contribution < -0.4 is 14.8 Å². The lowest BCUT2D eigenvalue weighted by molar-refractivity contribution is -0.414. The molecular formula is C19H25F3N3O4+. The van der Waals surface area contributed by atoms with E-state index in [0.29, 0.717) is 23.7 Å². The molecule has 1 amide bonds. The minimum Gasteiger partial charge on any atom is -0.478 e. The Bertz CT molecular complexity index is 762. The number of benzene rings is 1. The molecule has 0 aliphatic carbocycles. The van der Waals surface area contributed by atoms with E-state index in [1.54, 1.807) is 13.3 Å². The molecule has 7 nitrogen and oxygen atoms in total. The van der Waals surface area contributed by atoms with Gasteiger partial charge in [0.15, 0.2) is 6.21 Å². The predicted octanol–water partition coefficient (Wildman–Crippen LogP) is 1.07. The third-order valence-corrected chi connectivity index (χ3v) is 4.75. The molecule has 1 aromatic rings. The first kappa shape index (κ1) is 22.7. The standard InChI is InChI=1S/C19H24F3N3O4/c1-3-24(9-8-23-2)14-4-5-15(17(26)27)16(12-14)25(18(28)19(20,21)22)13-6-10-29-11-7-13/h4-5,8,12-13H,3,6-7,9-11H2,1-2H3,(H,26,27)/p+1. The Morgan fingerprint density at radius 2 is 1.97 bits per heavy atom. The van der Waals surface area contributed by atoms with Gasteiger partial charge in [0.2, 0.25) is 0 Å². The average molecular weight is 416 g/mol. The maximum absolute atomic E-state index is 13.4. The summed E-state index contributed by atoms with van der Waals surface area (Å²) in [5.74, 6) is -3.47. The quantitative estimate of drug-likeness (QED) is 0.650. The Labute approximate surface area is 166 Å². The second-order valence-electron chi connectivity index (χ2n) is 6.55. The first-order valence-electron chi connectivity index (χ1n) is 9.30. The monoisotopic (exact) mass is 416 g/mol. The third-order valence-electron chi connectivity index (χ3n) is 4.75. The van der Waals surface area contributed by atoms with Gasteiger partial charge in [0.1, 0.15) is 7.05 Å². The van der Waals surface area contributed by atoms with Gasteiger partial charge in [-0.1, -0.05) is 0 Å². The highest BCUT2D eigenvalue weighted by molar-refractivity contribution is 6.05. The van der Waals surface area contributed by atoms with Crippen molar-refractivity contribution in [2.45, 2.75) is 32.0 Å². The molecule has 0 saturated carbocycles. The molecule has 0 bridgehead atoms. The van der Waals surface area contributed by atoms with Gasteiger partial charge in [-0.25, -0.2) is 4.79 Å². The number of hydrogen-bond acceptors (Lipinski definition) is 4. The normalized spacial score (nSPS) is 15.5. The van der Waals surface area contributed by atoms with Crippen LogP contribution >= 0.6 is 0 Å². The highest BCUT2D eigenvalue weighted by Gasteiger charge is 2.46. The van der Waals surface area contributed by atoms with E-state index < -0.39 is 24.1 Å². The molecule has 0 aromatic heterocycles. The van der Waals surface area contributed by atoms with E-state index in [4.69, 9.17) is 4.74 Å². The Morgan fingerprint density at radius 3 is 2.48 bits per heavy atom. The number of carboxylic acid groups (broad SMARTS) is 1. The number of nitrogens with zero attached hydrogens (tertiary/aromatic N) is 2. The summed E-state index contributed by atoms with van der Waals surface area (Å²) in [5, 5.41) is 9.55. The fourth-order valence-electron chi connectivity index (χ4n) is 3.27. The number of nitrogens with one attached hydrogen (secondary N) is 1. The molecule has 1 aliphatic heterocycles. The molecule has 1 aliphatic rings. The summed E-state index contributed by atoms with van der Waals surface area (Å²) >= 11 is 0. The predicted molar refractivity (Wildman–Crippen MR) is 102 cm³/mol. The molecule has 2 N–H and O–H groups in total.